The fourth-order valence-corrected chi connectivity index (χ4v) is 2.77. The second-order valence-corrected chi connectivity index (χ2v) is 5.02. The van der Waals surface area contributed by atoms with Crippen LogP contribution in [-0.2, 0) is 6.18 Å². The highest BCUT2D eigenvalue weighted by atomic mass is 35.5. The Morgan fingerprint density at radius 2 is 1.85 bits per heavy atom. The molecule has 1 fully saturated rings. The van der Waals surface area contributed by atoms with E-state index in [9.17, 15) is 13.2 Å². The lowest BCUT2D eigenvalue weighted by Gasteiger charge is -2.23. The van der Waals surface area contributed by atoms with Crippen LogP contribution in [0.1, 0.15) is 42.9 Å². The smallest absolute Gasteiger partial charge is 0.416 e. The summed E-state index contributed by atoms with van der Waals surface area (Å²) in [6.45, 7) is 0. The number of ether oxygens (including phenoxy) is 1. The third-order valence-electron chi connectivity index (χ3n) is 3.83. The molecule has 1 aliphatic rings. The Morgan fingerprint density at radius 3 is 2.35 bits per heavy atom. The van der Waals surface area contributed by atoms with E-state index in [-0.39, 0.29) is 29.6 Å². The van der Waals surface area contributed by atoms with E-state index in [2.05, 4.69) is 0 Å². The number of nitrogens with two attached hydrogens (primary N) is 1. The topological polar surface area (TPSA) is 35.2 Å². The summed E-state index contributed by atoms with van der Waals surface area (Å²) >= 11 is 0. The number of benzene rings is 1. The van der Waals surface area contributed by atoms with Gasteiger partial charge in [0.1, 0.15) is 5.75 Å². The predicted octanol–water partition coefficient (Wildman–Crippen LogP) is 4.33. The quantitative estimate of drug-likeness (QED) is 0.902. The zero-order valence-electron chi connectivity index (χ0n) is 11.2. The van der Waals surface area contributed by atoms with Crippen molar-refractivity contribution in [3.05, 3.63) is 29.3 Å². The highest BCUT2D eigenvalue weighted by molar-refractivity contribution is 5.85. The van der Waals surface area contributed by atoms with Crippen LogP contribution in [0, 0.1) is 5.92 Å². The van der Waals surface area contributed by atoms with Crippen LogP contribution in [0.5, 0.6) is 5.75 Å². The molecule has 1 aromatic rings. The van der Waals surface area contributed by atoms with E-state index in [0.29, 0.717) is 0 Å². The minimum Gasteiger partial charge on any atom is -0.497 e. The average molecular weight is 310 g/mol. The Kier molecular flexibility index (Phi) is 5.71. The van der Waals surface area contributed by atoms with E-state index in [1.165, 1.54) is 13.2 Å². The van der Waals surface area contributed by atoms with Crippen molar-refractivity contribution < 1.29 is 17.9 Å². The number of hydrogen-bond acceptors (Lipinski definition) is 2. The van der Waals surface area contributed by atoms with Crippen molar-refractivity contribution in [1.29, 1.82) is 0 Å². The molecular formula is C14H19ClF3NO. The maximum absolute atomic E-state index is 13.1. The zero-order chi connectivity index (χ0) is 14.0. The van der Waals surface area contributed by atoms with Crippen molar-refractivity contribution in [2.45, 2.75) is 37.9 Å². The second-order valence-electron chi connectivity index (χ2n) is 5.02. The molecule has 1 aromatic carbocycles. The van der Waals surface area contributed by atoms with Gasteiger partial charge in [0.05, 0.1) is 12.7 Å². The molecule has 0 aliphatic heterocycles. The van der Waals surface area contributed by atoms with Gasteiger partial charge in [-0.25, -0.2) is 0 Å². The Labute approximate surface area is 122 Å². The second kappa shape index (κ2) is 6.68. The monoisotopic (exact) mass is 309 g/mol. The van der Waals surface area contributed by atoms with Gasteiger partial charge in [-0.15, -0.1) is 12.4 Å². The summed E-state index contributed by atoms with van der Waals surface area (Å²) in [6, 6.07) is 3.47. The molecule has 0 amide bonds. The van der Waals surface area contributed by atoms with Crippen LogP contribution in [-0.4, -0.2) is 7.11 Å². The lowest BCUT2D eigenvalue weighted by atomic mass is 9.89. The molecule has 6 heteroatoms. The average Bonchev–Trinajstić information content (AvgIpc) is 2.90. The molecular weight excluding hydrogens is 291 g/mol. The minimum atomic E-state index is -4.40. The van der Waals surface area contributed by atoms with Gasteiger partial charge >= 0.3 is 6.18 Å². The van der Waals surface area contributed by atoms with Crippen LogP contribution < -0.4 is 10.5 Å². The molecule has 20 heavy (non-hydrogen) atoms. The van der Waals surface area contributed by atoms with E-state index < -0.39 is 17.8 Å². The van der Waals surface area contributed by atoms with Gasteiger partial charge in [-0.3, -0.25) is 0 Å². The maximum Gasteiger partial charge on any atom is 0.416 e. The lowest BCUT2D eigenvalue weighted by Crippen LogP contribution is -2.23. The SMILES string of the molecule is COc1ccc([C@H](N)C2CCCC2)c(C(F)(F)F)c1.Cl. The number of rotatable bonds is 3. The molecule has 0 unspecified atom stereocenters. The zero-order valence-corrected chi connectivity index (χ0v) is 12.1. The van der Waals surface area contributed by atoms with Crippen molar-refractivity contribution in [2.24, 2.45) is 11.7 Å². The van der Waals surface area contributed by atoms with Crippen molar-refractivity contribution in [3.8, 4) is 5.75 Å². The Hall–Kier alpha value is -0.940. The standard InChI is InChI=1S/C14H18F3NO.ClH/c1-19-10-6-7-11(12(8-10)14(15,16)17)13(18)9-4-2-3-5-9;/h6-9,13H,2-5,18H2,1H3;1H/t13-;/m1./s1. The number of methoxy groups -OCH3 is 1. The number of alkyl halides is 3. The third-order valence-corrected chi connectivity index (χ3v) is 3.83. The van der Waals surface area contributed by atoms with Crippen LogP contribution in [0.4, 0.5) is 13.2 Å². The van der Waals surface area contributed by atoms with Crippen LogP contribution in [0.2, 0.25) is 0 Å². The van der Waals surface area contributed by atoms with Crippen LogP contribution in [0.3, 0.4) is 0 Å². The molecule has 2 N–H and O–H groups in total. The van der Waals surface area contributed by atoms with Crippen LogP contribution in [0.25, 0.3) is 0 Å². The molecule has 0 heterocycles. The molecule has 114 valence electrons. The first-order chi connectivity index (χ1) is 8.93. The summed E-state index contributed by atoms with van der Waals surface area (Å²) in [4.78, 5) is 0. The summed E-state index contributed by atoms with van der Waals surface area (Å²) in [6.07, 6.45) is -0.485. The number of hydrogen-bond donors (Lipinski definition) is 1. The third kappa shape index (κ3) is 3.58. The van der Waals surface area contributed by atoms with Gasteiger partial charge in [0.15, 0.2) is 0 Å². The predicted molar refractivity (Wildman–Crippen MR) is 74.1 cm³/mol. The van der Waals surface area contributed by atoms with Gasteiger partial charge < -0.3 is 10.5 Å². The summed E-state index contributed by atoms with van der Waals surface area (Å²) in [7, 11) is 1.35. The summed E-state index contributed by atoms with van der Waals surface area (Å²) in [5.41, 5.74) is 5.55. The van der Waals surface area contributed by atoms with Crippen molar-refractivity contribution in [1.82, 2.24) is 0 Å². The highest BCUT2D eigenvalue weighted by Gasteiger charge is 2.37. The van der Waals surface area contributed by atoms with Gasteiger partial charge in [0.25, 0.3) is 0 Å². The molecule has 1 saturated carbocycles. The molecule has 2 nitrogen and oxygen atoms in total. The molecule has 1 aliphatic carbocycles. The van der Waals surface area contributed by atoms with Gasteiger partial charge in [-0.1, -0.05) is 18.9 Å². The summed E-state index contributed by atoms with van der Waals surface area (Å²) < 4.78 is 44.2. The Morgan fingerprint density at radius 1 is 1.25 bits per heavy atom. The maximum atomic E-state index is 13.1. The van der Waals surface area contributed by atoms with Gasteiger partial charge in [0, 0.05) is 6.04 Å². The van der Waals surface area contributed by atoms with Crippen molar-refractivity contribution in [3.63, 3.8) is 0 Å². The highest BCUT2D eigenvalue weighted by Crippen LogP contribution is 2.41. The Balaban J connectivity index is 0.00000200. The van der Waals surface area contributed by atoms with Gasteiger partial charge in [0.2, 0.25) is 0 Å². The summed E-state index contributed by atoms with van der Waals surface area (Å²) in [5, 5.41) is 0. The molecule has 1 atom stereocenters. The van der Waals surface area contributed by atoms with E-state index in [4.69, 9.17) is 10.5 Å². The van der Waals surface area contributed by atoms with Crippen LogP contribution >= 0.6 is 12.4 Å². The van der Waals surface area contributed by atoms with E-state index in [1.54, 1.807) is 6.07 Å². The first-order valence-electron chi connectivity index (χ1n) is 6.44. The van der Waals surface area contributed by atoms with Crippen molar-refractivity contribution in [2.75, 3.05) is 7.11 Å². The van der Waals surface area contributed by atoms with E-state index in [0.717, 1.165) is 31.7 Å². The van der Waals surface area contributed by atoms with Gasteiger partial charge in [-0.2, -0.15) is 13.2 Å². The van der Waals surface area contributed by atoms with Crippen LogP contribution in [0.15, 0.2) is 18.2 Å². The molecule has 0 saturated heterocycles. The normalized spacial score (nSPS) is 17.6. The van der Waals surface area contributed by atoms with E-state index >= 15 is 0 Å². The number of halogens is 4. The minimum absolute atomic E-state index is 0. The summed E-state index contributed by atoms with van der Waals surface area (Å²) in [5.74, 6) is 0.351. The first kappa shape index (κ1) is 17.1. The fourth-order valence-electron chi connectivity index (χ4n) is 2.77. The Bertz CT molecular complexity index is 445. The molecule has 0 spiro atoms. The first-order valence-corrected chi connectivity index (χ1v) is 6.44. The van der Waals surface area contributed by atoms with Gasteiger partial charge in [-0.05, 0) is 36.5 Å². The lowest BCUT2D eigenvalue weighted by molar-refractivity contribution is -0.138. The van der Waals surface area contributed by atoms with E-state index in [1.807, 2.05) is 0 Å². The molecule has 2 rings (SSSR count). The fraction of sp³-hybridized carbons (Fsp3) is 0.571. The molecule has 0 bridgehead atoms. The largest absolute Gasteiger partial charge is 0.497 e. The molecule has 0 aromatic heterocycles. The van der Waals surface area contributed by atoms with Crippen molar-refractivity contribution >= 4 is 12.4 Å². The molecule has 0 radical (unpaired) electrons.